The predicted octanol–water partition coefficient (Wildman–Crippen LogP) is -2.74. The molecule has 1 fully saturated rings. The number of hydrogen-bond acceptors (Lipinski definition) is 5. The fraction of sp³-hybridized carbons (Fsp3) is 0.444. The number of carbonyl (C=O) groups is 4. The van der Waals surface area contributed by atoms with Gasteiger partial charge in [0.1, 0.15) is 12.6 Å². The van der Waals surface area contributed by atoms with E-state index in [1.807, 2.05) is 0 Å². The van der Waals surface area contributed by atoms with E-state index in [-0.39, 0.29) is 18.1 Å². The van der Waals surface area contributed by atoms with Crippen LogP contribution in [0.5, 0.6) is 0 Å². The Hall–Kier alpha value is -2.03. The highest BCUT2D eigenvalue weighted by atomic mass is 32.1. The van der Waals surface area contributed by atoms with E-state index < -0.39 is 29.7 Å². The van der Waals surface area contributed by atoms with Crippen molar-refractivity contribution in [2.24, 2.45) is 5.73 Å². The highest BCUT2D eigenvalue weighted by Crippen LogP contribution is 2.04. The maximum absolute atomic E-state index is 11.7. The van der Waals surface area contributed by atoms with Crippen molar-refractivity contribution in [2.45, 2.75) is 13.0 Å². The fourth-order valence-electron chi connectivity index (χ4n) is 1.34. The molecular weight excluding hydrogens is 260 g/mol. The summed E-state index contributed by atoms with van der Waals surface area (Å²) >= 11 is 4.54. The quantitative estimate of drug-likeness (QED) is 0.285. The molecule has 1 rings (SSSR count). The summed E-state index contributed by atoms with van der Waals surface area (Å²) < 4.78 is 0. The largest absolute Gasteiger partial charge is 0.392 e. The van der Waals surface area contributed by atoms with E-state index in [1.165, 1.54) is 6.92 Å². The molecule has 1 aliphatic rings. The lowest BCUT2D eigenvalue weighted by Crippen LogP contribution is -2.61. The minimum atomic E-state index is -0.970. The molecule has 1 heterocycles. The molecule has 18 heavy (non-hydrogen) atoms. The molecule has 0 aliphatic carbocycles. The molecule has 0 spiro atoms. The minimum absolute atomic E-state index is 0.0247. The summed E-state index contributed by atoms with van der Waals surface area (Å²) in [5.41, 5.74) is 5.16. The van der Waals surface area contributed by atoms with E-state index in [0.717, 1.165) is 4.90 Å². The van der Waals surface area contributed by atoms with Crippen molar-refractivity contribution in [1.29, 1.82) is 0 Å². The highest BCUT2D eigenvalue weighted by molar-refractivity contribution is 7.80. The predicted molar refractivity (Wildman–Crippen MR) is 64.1 cm³/mol. The van der Waals surface area contributed by atoms with Gasteiger partial charge in [-0.05, 0) is 6.92 Å². The molecule has 1 saturated heterocycles. The Morgan fingerprint density at radius 1 is 1.56 bits per heavy atom. The number of nitrogens with two attached hydrogens (primary N) is 1. The van der Waals surface area contributed by atoms with Gasteiger partial charge in [-0.15, -0.1) is 0 Å². The van der Waals surface area contributed by atoms with Crippen LogP contribution in [0.25, 0.3) is 0 Å². The van der Waals surface area contributed by atoms with E-state index in [4.69, 9.17) is 5.73 Å². The van der Waals surface area contributed by atoms with Gasteiger partial charge in [-0.2, -0.15) is 0 Å². The van der Waals surface area contributed by atoms with E-state index in [1.54, 1.807) is 0 Å². The first kappa shape index (κ1) is 14.0. The van der Waals surface area contributed by atoms with Crippen LogP contribution in [0.15, 0.2) is 0 Å². The third-order valence-corrected chi connectivity index (χ3v) is 2.45. The van der Waals surface area contributed by atoms with Crippen LogP contribution >= 0.6 is 12.2 Å². The zero-order valence-corrected chi connectivity index (χ0v) is 10.4. The Balaban J connectivity index is 2.70. The van der Waals surface area contributed by atoms with Gasteiger partial charge in [0, 0.05) is 0 Å². The Labute approximate surface area is 108 Å². The van der Waals surface area contributed by atoms with Gasteiger partial charge in [-0.3, -0.25) is 24.5 Å². The van der Waals surface area contributed by atoms with Crippen LogP contribution in [0.3, 0.4) is 0 Å². The lowest BCUT2D eigenvalue weighted by atomic mass is 10.2. The standard InChI is InChI=1S/C9H12N4O4S/c1-4-7(15)12-6(14)3-13(4)9(17)8(16)11-2-5(10)18/h4H,2-3H2,1H3,(H2,10,18)(H,11,16)(H,12,14,15). The molecule has 1 unspecified atom stereocenters. The van der Waals surface area contributed by atoms with Crippen molar-refractivity contribution in [1.82, 2.24) is 15.5 Å². The van der Waals surface area contributed by atoms with Gasteiger partial charge in [-0.25, -0.2) is 0 Å². The fourth-order valence-corrected chi connectivity index (χ4v) is 1.41. The van der Waals surface area contributed by atoms with Crippen molar-refractivity contribution in [2.75, 3.05) is 13.1 Å². The van der Waals surface area contributed by atoms with Crippen LogP contribution in [-0.4, -0.2) is 52.6 Å². The van der Waals surface area contributed by atoms with Crippen molar-refractivity contribution < 1.29 is 19.2 Å². The second kappa shape index (κ2) is 5.54. The van der Waals surface area contributed by atoms with Gasteiger partial charge in [0.25, 0.3) is 0 Å². The van der Waals surface area contributed by atoms with Crippen LogP contribution in [0.4, 0.5) is 0 Å². The van der Waals surface area contributed by atoms with Crippen molar-refractivity contribution in [3.05, 3.63) is 0 Å². The van der Waals surface area contributed by atoms with Crippen molar-refractivity contribution >= 4 is 40.8 Å². The molecule has 0 radical (unpaired) electrons. The van der Waals surface area contributed by atoms with Gasteiger partial charge >= 0.3 is 11.8 Å². The monoisotopic (exact) mass is 272 g/mol. The van der Waals surface area contributed by atoms with E-state index in [9.17, 15) is 19.2 Å². The van der Waals surface area contributed by atoms with Crippen molar-refractivity contribution in [3.8, 4) is 0 Å². The third kappa shape index (κ3) is 3.23. The Bertz CT molecular complexity index is 436. The van der Waals surface area contributed by atoms with Crippen molar-refractivity contribution in [3.63, 3.8) is 0 Å². The van der Waals surface area contributed by atoms with Gasteiger partial charge in [0.05, 0.1) is 11.5 Å². The topological polar surface area (TPSA) is 122 Å². The molecule has 98 valence electrons. The zero-order chi connectivity index (χ0) is 13.9. The first-order chi connectivity index (χ1) is 8.32. The minimum Gasteiger partial charge on any atom is -0.392 e. The molecule has 0 aromatic rings. The lowest BCUT2D eigenvalue weighted by Gasteiger charge is -2.30. The summed E-state index contributed by atoms with van der Waals surface area (Å²) in [4.78, 5) is 46.5. The number of piperazine rings is 1. The number of nitrogens with zero attached hydrogens (tertiary/aromatic N) is 1. The normalized spacial score (nSPS) is 19.2. The van der Waals surface area contributed by atoms with Gasteiger partial charge in [0.15, 0.2) is 0 Å². The molecular formula is C9H12N4O4S. The average Bonchev–Trinajstić information content (AvgIpc) is 2.29. The molecule has 9 heteroatoms. The van der Waals surface area contributed by atoms with E-state index in [2.05, 4.69) is 22.9 Å². The maximum Gasteiger partial charge on any atom is 0.313 e. The molecule has 4 amide bonds. The second-order valence-electron chi connectivity index (χ2n) is 3.67. The van der Waals surface area contributed by atoms with Gasteiger partial charge in [-0.1, -0.05) is 12.2 Å². The molecule has 0 aromatic heterocycles. The lowest BCUT2D eigenvalue weighted by molar-refractivity contribution is -0.154. The van der Waals surface area contributed by atoms with Gasteiger partial charge < -0.3 is 16.0 Å². The molecule has 0 bridgehead atoms. The number of imide groups is 1. The summed E-state index contributed by atoms with van der Waals surface area (Å²) in [6.45, 7) is 0.953. The van der Waals surface area contributed by atoms with Crippen LogP contribution in [0, 0.1) is 0 Å². The summed E-state index contributed by atoms with van der Waals surface area (Å²) in [7, 11) is 0. The summed E-state index contributed by atoms with van der Waals surface area (Å²) in [5.74, 6) is -3.19. The van der Waals surface area contributed by atoms with E-state index >= 15 is 0 Å². The van der Waals surface area contributed by atoms with Crippen LogP contribution in [0.1, 0.15) is 6.92 Å². The molecule has 1 aliphatic heterocycles. The molecule has 0 aromatic carbocycles. The number of hydrogen-bond donors (Lipinski definition) is 3. The summed E-state index contributed by atoms with van der Waals surface area (Å²) in [5, 5.41) is 4.25. The number of nitrogens with one attached hydrogen (secondary N) is 2. The Morgan fingerprint density at radius 3 is 2.72 bits per heavy atom. The molecule has 0 saturated carbocycles. The Kier molecular flexibility index (Phi) is 4.32. The average molecular weight is 272 g/mol. The molecule has 4 N–H and O–H groups in total. The molecule has 8 nitrogen and oxygen atoms in total. The Morgan fingerprint density at radius 2 is 2.17 bits per heavy atom. The van der Waals surface area contributed by atoms with Gasteiger partial charge in [0.2, 0.25) is 11.8 Å². The van der Waals surface area contributed by atoms with E-state index in [0.29, 0.717) is 0 Å². The number of thiocarbonyl (C=S) groups is 1. The zero-order valence-electron chi connectivity index (χ0n) is 9.56. The number of amides is 4. The smallest absolute Gasteiger partial charge is 0.313 e. The van der Waals surface area contributed by atoms with Crippen LogP contribution in [0.2, 0.25) is 0 Å². The number of carbonyl (C=O) groups excluding carboxylic acids is 4. The summed E-state index contributed by atoms with van der Waals surface area (Å²) in [6.07, 6.45) is 0. The highest BCUT2D eigenvalue weighted by Gasteiger charge is 2.36. The number of rotatable bonds is 2. The van der Waals surface area contributed by atoms with Crippen LogP contribution in [-0.2, 0) is 19.2 Å². The SMILES string of the molecule is CC1C(=O)NC(=O)CN1C(=O)C(=O)NCC(N)=S. The van der Waals surface area contributed by atoms with Crippen LogP contribution < -0.4 is 16.4 Å². The first-order valence-corrected chi connectivity index (χ1v) is 5.44. The second-order valence-corrected chi connectivity index (χ2v) is 4.19. The third-order valence-electron chi connectivity index (χ3n) is 2.30. The maximum atomic E-state index is 11.7. The summed E-state index contributed by atoms with van der Waals surface area (Å²) in [6, 6.07) is -0.884. The molecule has 1 atom stereocenters. The first-order valence-electron chi connectivity index (χ1n) is 5.03.